The molecule has 186 valence electrons. The van der Waals surface area contributed by atoms with E-state index in [9.17, 15) is 19.5 Å². The van der Waals surface area contributed by atoms with Gasteiger partial charge in [0.15, 0.2) is 0 Å². The van der Waals surface area contributed by atoms with Crippen LogP contribution in [0.15, 0.2) is 48.5 Å². The molecule has 0 bridgehead atoms. The molecule has 2 aliphatic rings. The van der Waals surface area contributed by atoms with E-state index in [4.69, 9.17) is 4.74 Å². The Morgan fingerprint density at radius 2 is 1.60 bits per heavy atom. The second-order valence-corrected chi connectivity index (χ2v) is 10.1. The molecule has 2 aromatic carbocycles. The molecule has 0 aliphatic heterocycles. The third-order valence-electron chi connectivity index (χ3n) is 7.52. The normalized spacial score (nSPS) is 16.6. The maximum Gasteiger partial charge on any atom is 0.407 e. The zero-order valence-electron chi connectivity index (χ0n) is 20.6. The van der Waals surface area contributed by atoms with Gasteiger partial charge in [0, 0.05) is 13.0 Å². The lowest BCUT2D eigenvalue weighted by molar-refractivity contribution is -0.165. The number of carbonyl (C=O) groups excluding carboxylic acids is 2. The van der Waals surface area contributed by atoms with Crippen molar-refractivity contribution in [3.63, 3.8) is 0 Å². The molecule has 0 aromatic heterocycles. The lowest BCUT2D eigenvalue weighted by atomic mass is 9.75. The number of benzene rings is 2. The van der Waals surface area contributed by atoms with E-state index in [2.05, 4.69) is 29.6 Å². The van der Waals surface area contributed by atoms with Crippen molar-refractivity contribution in [3.8, 4) is 11.1 Å². The molecule has 1 atom stereocenters. The molecular formula is C28H34N2O5. The third kappa shape index (κ3) is 4.77. The van der Waals surface area contributed by atoms with Gasteiger partial charge >= 0.3 is 12.1 Å². The summed E-state index contributed by atoms with van der Waals surface area (Å²) in [4.78, 5) is 39.4. The van der Waals surface area contributed by atoms with Crippen molar-refractivity contribution < 1.29 is 24.2 Å². The monoisotopic (exact) mass is 478 g/mol. The van der Waals surface area contributed by atoms with Crippen LogP contribution in [0.25, 0.3) is 11.1 Å². The molecule has 2 amide bonds. The molecule has 2 aliphatic carbocycles. The first-order valence-electron chi connectivity index (χ1n) is 12.4. The van der Waals surface area contributed by atoms with Gasteiger partial charge in [0.1, 0.15) is 18.2 Å². The molecule has 0 heterocycles. The van der Waals surface area contributed by atoms with E-state index in [1.807, 2.05) is 38.1 Å². The number of carboxylic acid groups (broad SMARTS) is 1. The molecule has 4 rings (SSSR count). The molecule has 1 saturated carbocycles. The van der Waals surface area contributed by atoms with E-state index in [-0.39, 0.29) is 18.4 Å². The molecule has 0 saturated heterocycles. The van der Waals surface area contributed by atoms with Gasteiger partial charge in [0.05, 0.1) is 0 Å². The number of nitrogens with zero attached hydrogens (tertiary/aromatic N) is 1. The lowest BCUT2D eigenvalue weighted by Crippen LogP contribution is -2.63. The number of likely N-dealkylation sites (N-methyl/N-ethyl adjacent to an activating group) is 1. The van der Waals surface area contributed by atoms with Crippen LogP contribution < -0.4 is 5.32 Å². The SMILES string of the molecule is CC(C)CCC(NC(=O)OCC1c2ccccc2-c2ccccc21)C(=O)N(C)C1(C(=O)O)CCC1. The molecular weight excluding hydrogens is 444 g/mol. The third-order valence-corrected chi connectivity index (χ3v) is 7.52. The van der Waals surface area contributed by atoms with E-state index < -0.39 is 23.6 Å². The summed E-state index contributed by atoms with van der Waals surface area (Å²) in [5, 5.41) is 12.5. The molecule has 7 nitrogen and oxygen atoms in total. The van der Waals surface area contributed by atoms with Crippen LogP contribution in [0.2, 0.25) is 0 Å². The Labute approximate surface area is 206 Å². The fourth-order valence-electron chi connectivity index (χ4n) is 5.19. The van der Waals surface area contributed by atoms with Gasteiger partial charge < -0.3 is 20.1 Å². The highest BCUT2D eigenvalue weighted by Crippen LogP contribution is 2.44. The molecule has 1 fully saturated rings. The van der Waals surface area contributed by atoms with Gasteiger partial charge in [-0.2, -0.15) is 0 Å². The summed E-state index contributed by atoms with van der Waals surface area (Å²) < 4.78 is 5.64. The maximum absolute atomic E-state index is 13.3. The van der Waals surface area contributed by atoms with Crippen LogP contribution in [-0.4, -0.2) is 53.2 Å². The van der Waals surface area contributed by atoms with E-state index in [1.165, 1.54) is 11.9 Å². The van der Waals surface area contributed by atoms with E-state index >= 15 is 0 Å². The first-order chi connectivity index (χ1) is 16.7. The second-order valence-electron chi connectivity index (χ2n) is 10.1. The van der Waals surface area contributed by atoms with Gasteiger partial charge in [0.2, 0.25) is 5.91 Å². The Kier molecular flexibility index (Phi) is 7.15. The molecule has 2 aromatic rings. The quantitative estimate of drug-likeness (QED) is 0.540. The Bertz CT molecular complexity index is 1060. The van der Waals surface area contributed by atoms with Gasteiger partial charge in [-0.1, -0.05) is 62.4 Å². The number of nitrogens with one attached hydrogen (secondary N) is 1. The van der Waals surface area contributed by atoms with Crippen LogP contribution >= 0.6 is 0 Å². The Morgan fingerprint density at radius 3 is 2.09 bits per heavy atom. The summed E-state index contributed by atoms with van der Waals surface area (Å²) in [5.74, 6) is -1.13. The van der Waals surface area contributed by atoms with Gasteiger partial charge in [-0.25, -0.2) is 9.59 Å². The maximum atomic E-state index is 13.3. The minimum absolute atomic E-state index is 0.0779. The van der Waals surface area contributed by atoms with Gasteiger partial charge in [-0.3, -0.25) is 4.79 Å². The van der Waals surface area contributed by atoms with E-state index in [1.54, 1.807) is 0 Å². The highest BCUT2D eigenvalue weighted by atomic mass is 16.5. The molecule has 35 heavy (non-hydrogen) atoms. The number of fused-ring (bicyclic) bond motifs is 3. The number of alkyl carbamates (subject to hydrolysis) is 1. The van der Waals surface area contributed by atoms with Crippen molar-refractivity contribution in [2.75, 3.05) is 13.7 Å². The number of carboxylic acids is 1. The van der Waals surface area contributed by atoms with Crippen LogP contribution in [0.4, 0.5) is 4.79 Å². The number of hydrogen-bond acceptors (Lipinski definition) is 4. The topological polar surface area (TPSA) is 95.9 Å². The summed E-state index contributed by atoms with van der Waals surface area (Å²) in [6.45, 7) is 4.24. The lowest BCUT2D eigenvalue weighted by Gasteiger charge is -2.45. The number of rotatable bonds is 9. The number of amides is 2. The van der Waals surface area contributed by atoms with Crippen molar-refractivity contribution in [1.82, 2.24) is 10.2 Å². The molecule has 2 N–H and O–H groups in total. The van der Waals surface area contributed by atoms with Crippen molar-refractivity contribution in [2.24, 2.45) is 5.92 Å². The Hall–Kier alpha value is -3.35. The average molecular weight is 479 g/mol. The van der Waals surface area contributed by atoms with Crippen LogP contribution in [0.5, 0.6) is 0 Å². The van der Waals surface area contributed by atoms with Crippen LogP contribution in [-0.2, 0) is 14.3 Å². The molecule has 0 spiro atoms. The minimum Gasteiger partial charge on any atom is -0.479 e. The zero-order valence-corrected chi connectivity index (χ0v) is 20.6. The van der Waals surface area contributed by atoms with Crippen molar-refractivity contribution in [2.45, 2.75) is 63.5 Å². The fraction of sp³-hybridized carbons (Fsp3) is 0.464. The predicted octanol–water partition coefficient (Wildman–Crippen LogP) is 4.80. The number of hydrogen-bond donors (Lipinski definition) is 2. The average Bonchev–Trinajstić information content (AvgIpc) is 3.12. The Morgan fingerprint density at radius 1 is 1.03 bits per heavy atom. The standard InChI is InChI=1S/C28H34N2O5/c1-18(2)13-14-24(25(31)30(3)28(26(32)33)15-8-16-28)29-27(34)35-17-23-21-11-6-4-9-19(21)20-10-5-7-12-22(20)23/h4-7,9-12,18,23-24H,8,13-17H2,1-3H3,(H,29,34)(H,32,33). The second kappa shape index (κ2) is 10.1. The molecule has 7 heteroatoms. The summed E-state index contributed by atoms with van der Waals surface area (Å²) >= 11 is 0. The first kappa shape index (κ1) is 24.8. The summed E-state index contributed by atoms with van der Waals surface area (Å²) in [5.41, 5.74) is 3.33. The predicted molar refractivity (Wildman–Crippen MR) is 133 cm³/mol. The van der Waals surface area contributed by atoms with Gasteiger partial charge in [-0.15, -0.1) is 0 Å². The Balaban J connectivity index is 1.45. The molecule has 1 unspecified atom stereocenters. The van der Waals surface area contributed by atoms with Crippen molar-refractivity contribution in [3.05, 3.63) is 59.7 Å². The highest BCUT2D eigenvalue weighted by molar-refractivity contribution is 5.91. The van der Waals surface area contributed by atoms with Crippen molar-refractivity contribution >= 4 is 18.0 Å². The summed E-state index contributed by atoms with van der Waals surface area (Å²) in [6.07, 6.45) is 2.08. The first-order valence-corrected chi connectivity index (χ1v) is 12.4. The van der Waals surface area contributed by atoms with E-state index in [0.29, 0.717) is 31.6 Å². The molecule has 0 radical (unpaired) electrons. The number of carbonyl (C=O) groups is 3. The fourth-order valence-corrected chi connectivity index (χ4v) is 5.19. The van der Waals surface area contributed by atoms with E-state index in [0.717, 1.165) is 28.7 Å². The zero-order chi connectivity index (χ0) is 25.2. The highest BCUT2D eigenvalue weighted by Gasteiger charge is 2.50. The van der Waals surface area contributed by atoms with Gasteiger partial charge in [0.25, 0.3) is 0 Å². The number of ether oxygens (including phenoxy) is 1. The van der Waals surface area contributed by atoms with Crippen molar-refractivity contribution in [1.29, 1.82) is 0 Å². The largest absolute Gasteiger partial charge is 0.479 e. The summed E-state index contributed by atoms with van der Waals surface area (Å²) in [6, 6.07) is 15.4. The van der Waals surface area contributed by atoms with Crippen LogP contribution in [0.3, 0.4) is 0 Å². The number of aliphatic carboxylic acids is 1. The van der Waals surface area contributed by atoms with Crippen LogP contribution in [0.1, 0.15) is 63.0 Å². The minimum atomic E-state index is -1.18. The van der Waals surface area contributed by atoms with Crippen LogP contribution in [0, 0.1) is 5.92 Å². The smallest absolute Gasteiger partial charge is 0.407 e. The van der Waals surface area contributed by atoms with Gasteiger partial charge in [-0.05, 0) is 60.3 Å². The summed E-state index contributed by atoms with van der Waals surface area (Å²) in [7, 11) is 1.53.